The molecule has 64 valence electrons. The van der Waals surface area contributed by atoms with Gasteiger partial charge in [-0.3, -0.25) is 0 Å². The van der Waals surface area contributed by atoms with Crippen LogP contribution in [0.1, 0.15) is 0 Å². The van der Waals surface area contributed by atoms with E-state index in [0.29, 0.717) is 0 Å². The van der Waals surface area contributed by atoms with Crippen LogP contribution in [0.5, 0.6) is 0 Å². The SMILES string of the molecule is O[Si](O)(O)O.[O]=[Cr](=[O])([OH])[OH]. The summed E-state index contributed by atoms with van der Waals surface area (Å²) in [5.74, 6) is 0. The normalized spacial score (nSPS) is 11.8. The van der Waals surface area contributed by atoms with Crippen LogP contribution < -0.4 is 0 Å². The van der Waals surface area contributed by atoms with Crippen molar-refractivity contribution in [2.45, 2.75) is 0 Å². The molecule has 0 bridgehead atoms. The topological polar surface area (TPSA) is 156 Å². The van der Waals surface area contributed by atoms with Gasteiger partial charge in [0.15, 0.2) is 0 Å². The quantitative estimate of drug-likeness (QED) is 0.223. The Hall–Kier alpha value is 0.109. The summed E-state index contributed by atoms with van der Waals surface area (Å²) in [5, 5.41) is 0. The van der Waals surface area contributed by atoms with E-state index in [2.05, 4.69) is 0 Å². The first-order chi connectivity index (χ1) is 4.00. The molecule has 10 heavy (non-hydrogen) atoms. The molecule has 0 fully saturated rings. The van der Waals surface area contributed by atoms with Crippen molar-refractivity contribution in [3.63, 3.8) is 0 Å². The molecule has 0 aliphatic heterocycles. The molecular formula is H6CrO8Si. The fraction of sp³-hybridized carbons (Fsp3) is 0. The van der Waals surface area contributed by atoms with E-state index in [0.717, 1.165) is 0 Å². The van der Waals surface area contributed by atoms with E-state index in [1.165, 1.54) is 0 Å². The Balaban J connectivity index is 0. The van der Waals surface area contributed by atoms with Gasteiger partial charge < -0.3 is 19.2 Å². The van der Waals surface area contributed by atoms with Gasteiger partial charge >= 0.3 is 38.6 Å². The Morgan fingerprint density at radius 1 is 0.900 bits per heavy atom. The molecule has 0 unspecified atom stereocenters. The molecule has 0 aliphatic rings. The van der Waals surface area contributed by atoms with E-state index in [9.17, 15) is 0 Å². The summed E-state index contributed by atoms with van der Waals surface area (Å²) in [4.78, 5) is 29.3. The van der Waals surface area contributed by atoms with Crippen LogP contribution in [-0.4, -0.2) is 36.5 Å². The predicted molar refractivity (Wildman–Crippen MR) is 20.4 cm³/mol. The first kappa shape index (κ1) is 12.8. The van der Waals surface area contributed by atoms with Gasteiger partial charge in [0.1, 0.15) is 0 Å². The zero-order valence-corrected chi connectivity index (χ0v) is 6.68. The second-order valence-electron chi connectivity index (χ2n) is 1.05. The minimum atomic E-state index is -5.25. The summed E-state index contributed by atoms with van der Waals surface area (Å²) >= 11 is -5.25. The van der Waals surface area contributed by atoms with E-state index in [-0.39, 0.29) is 0 Å². The number of hydrogen-bond donors (Lipinski definition) is 6. The van der Waals surface area contributed by atoms with Crippen LogP contribution in [0.3, 0.4) is 0 Å². The van der Waals surface area contributed by atoms with E-state index >= 15 is 0 Å². The van der Waals surface area contributed by atoms with Crippen molar-refractivity contribution in [2.24, 2.45) is 0 Å². The van der Waals surface area contributed by atoms with Crippen molar-refractivity contribution >= 4 is 9.05 Å². The third-order valence-corrected chi connectivity index (χ3v) is 0. The van der Waals surface area contributed by atoms with Gasteiger partial charge in [0.25, 0.3) is 0 Å². The van der Waals surface area contributed by atoms with E-state index in [1.54, 1.807) is 0 Å². The second-order valence-corrected chi connectivity index (χ2v) is 3.65. The third-order valence-electron chi connectivity index (χ3n) is 0. The monoisotopic (exact) mass is 214 g/mol. The Bertz CT molecular complexity index is 144. The molecule has 0 saturated heterocycles. The van der Waals surface area contributed by atoms with Crippen LogP contribution in [0, 0.1) is 0 Å². The molecule has 0 atom stereocenters. The fourth-order valence-electron chi connectivity index (χ4n) is 0. The fourth-order valence-corrected chi connectivity index (χ4v) is 0. The maximum atomic E-state index is 8.82. The maximum absolute atomic E-state index is 8.82. The van der Waals surface area contributed by atoms with Gasteiger partial charge in [0.05, 0.1) is 0 Å². The zero-order chi connectivity index (χ0) is 9.00. The van der Waals surface area contributed by atoms with Crippen molar-refractivity contribution in [1.82, 2.24) is 0 Å². The van der Waals surface area contributed by atoms with Crippen molar-refractivity contribution in [2.75, 3.05) is 0 Å². The number of hydrogen-bond acceptors (Lipinski definition) is 6. The van der Waals surface area contributed by atoms with Crippen molar-refractivity contribution in [3.8, 4) is 0 Å². The molecular weight excluding hydrogens is 208 g/mol. The molecule has 6 N–H and O–H groups in total. The molecule has 0 aromatic rings. The molecule has 0 rings (SSSR count). The van der Waals surface area contributed by atoms with E-state index in [4.69, 9.17) is 35.1 Å². The van der Waals surface area contributed by atoms with Crippen LogP contribution in [0.2, 0.25) is 0 Å². The van der Waals surface area contributed by atoms with Gasteiger partial charge in [-0.2, -0.15) is 0 Å². The Labute approximate surface area is 58.5 Å². The molecule has 0 aromatic carbocycles. The Morgan fingerprint density at radius 3 is 0.900 bits per heavy atom. The molecule has 0 heterocycles. The first-order valence-electron chi connectivity index (χ1n) is 1.59. The molecule has 8 nitrogen and oxygen atoms in total. The molecule has 0 aromatic heterocycles. The molecule has 0 spiro atoms. The molecule has 0 amide bonds. The van der Waals surface area contributed by atoms with Gasteiger partial charge in [-0.15, -0.1) is 0 Å². The molecule has 0 aliphatic carbocycles. The molecule has 0 saturated carbocycles. The van der Waals surface area contributed by atoms with Crippen molar-refractivity contribution in [1.29, 1.82) is 0 Å². The van der Waals surface area contributed by atoms with Crippen molar-refractivity contribution < 1.29 is 48.7 Å². The van der Waals surface area contributed by atoms with Crippen LogP contribution in [0.15, 0.2) is 0 Å². The second kappa shape index (κ2) is 4.09. The van der Waals surface area contributed by atoms with Crippen LogP contribution in [0.25, 0.3) is 0 Å². The number of rotatable bonds is 0. The van der Waals surface area contributed by atoms with Crippen LogP contribution >= 0.6 is 0 Å². The van der Waals surface area contributed by atoms with Gasteiger partial charge in [-0.05, 0) is 0 Å². The first-order valence-corrected chi connectivity index (χ1v) is 5.56. The van der Waals surface area contributed by atoms with E-state index in [1.807, 2.05) is 0 Å². The Kier molecular flexibility index (Phi) is 5.21. The average molecular weight is 214 g/mol. The summed E-state index contributed by atoms with van der Waals surface area (Å²) in [6.45, 7) is 0. The van der Waals surface area contributed by atoms with Crippen LogP contribution in [-0.2, 0) is 21.2 Å². The third kappa shape index (κ3) is 34300. The average Bonchev–Trinajstić information content (AvgIpc) is 1.12. The zero-order valence-electron chi connectivity index (χ0n) is 4.41. The summed E-state index contributed by atoms with van der Waals surface area (Å²) in [7, 11) is -4.61. The van der Waals surface area contributed by atoms with Gasteiger partial charge in [-0.1, -0.05) is 0 Å². The Morgan fingerprint density at radius 2 is 0.900 bits per heavy atom. The molecule has 10 heteroatoms. The summed E-state index contributed by atoms with van der Waals surface area (Å²) < 4.78 is 31.9. The van der Waals surface area contributed by atoms with Gasteiger partial charge in [0, 0.05) is 0 Å². The minimum absolute atomic E-state index is 4.61. The standard InChI is InChI=1S/Cr.H4O4Si.2H2O.2O/c;1-5(2,3)4;;;;/h;1-4H;2*1H2;;/q+2;;;;;/p-2. The molecule has 0 radical (unpaired) electrons. The summed E-state index contributed by atoms with van der Waals surface area (Å²) in [6, 6.07) is 0. The summed E-state index contributed by atoms with van der Waals surface area (Å²) in [6.07, 6.45) is 0. The summed E-state index contributed by atoms with van der Waals surface area (Å²) in [5.41, 5.74) is 0. The predicted octanol–water partition coefficient (Wildman–Crippen LogP) is -3.96. The van der Waals surface area contributed by atoms with Gasteiger partial charge in [-0.25, -0.2) is 0 Å². The van der Waals surface area contributed by atoms with E-state index < -0.39 is 22.7 Å². The van der Waals surface area contributed by atoms with Crippen molar-refractivity contribution in [3.05, 3.63) is 0 Å². The van der Waals surface area contributed by atoms with Crippen LogP contribution in [0.4, 0.5) is 0 Å². The van der Waals surface area contributed by atoms with Gasteiger partial charge in [0.2, 0.25) is 0 Å².